The van der Waals surface area contributed by atoms with Crippen molar-refractivity contribution in [1.29, 1.82) is 0 Å². The lowest BCUT2D eigenvalue weighted by Crippen LogP contribution is -2.31. The van der Waals surface area contributed by atoms with Crippen LogP contribution in [0.15, 0.2) is 78.1 Å². The topological polar surface area (TPSA) is 57.6 Å². The SMILES string of the molecule is CCC(=O)C1=C(O)C(=O)N(c2cccc(Cl)c2)C1c1cccc2ccccc12. The number of Topliss-reactive ketones (excluding diaryl/α,β-unsaturated/α-hetero) is 1. The van der Waals surface area contributed by atoms with E-state index >= 15 is 0 Å². The third kappa shape index (κ3) is 2.86. The van der Waals surface area contributed by atoms with Crippen LogP contribution in [0, 0.1) is 0 Å². The molecule has 1 atom stereocenters. The van der Waals surface area contributed by atoms with E-state index in [2.05, 4.69) is 0 Å². The Morgan fingerprint density at radius 2 is 1.79 bits per heavy atom. The average Bonchev–Trinajstić information content (AvgIpc) is 2.98. The molecule has 1 N–H and O–H groups in total. The fourth-order valence-corrected chi connectivity index (χ4v) is 3.94. The van der Waals surface area contributed by atoms with E-state index < -0.39 is 17.7 Å². The van der Waals surface area contributed by atoms with Gasteiger partial charge in [0.25, 0.3) is 5.91 Å². The summed E-state index contributed by atoms with van der Waals surface area (Å²) in [5, 5.41) is 13.0. The molecule has 4 nitrogen and oxygen atoms in total. The molecule has 1 unspecified atom stereocenters. The van der Waals surface area contributed by atoms with Crippen LogP contribution in [0.2, 0.25) is 5.02 Å². The van der Waals surface area contributed by atoms with Crippen LogP contribution in [-0.4, -0.2) is 16.8 Å². The Labute approximate surface area is 167 Å². The number of amides is 1. The van der Waals surface area contributed by atoms with Crippen LogP contribution in [0.4, 0.5) is 5.69 Å². The second-order valence-corrected chi connectivity index (χ2v) is 7.10. The zero-order valence-electron chi connectivity index (χ0n) is 15.2. The minimum atomic E-state index is -0.718. The zero-order valence-corrected chi connectivity index (χ0v) is 16.0. The van der Waals surface area contributed by atoms with Crippen molar-refractivity contribution >= 4 is 39.8 Å². The second kappa shape index (κ2) is 7.13. The third-order valence-electron chi connectivity index (χ3n) is 5.03. The molecule has 1 heterocycles. The van der Waals surface area contributed by atoms with Crippen LogP contribution in [0.3, 0.4) is 0 Å². The van der Waals surface area contributed by atoms with Crippen molar-refractivity contribution in [3.63, 3.8) is 0 Å². The van der Waals surface area contributed by atoms with E-state index in [1.807, 2.05) is 42.5 Å². The summed E-state index contributed by atoms with van der Waals surface area (Å²) in [6.07, 6.45) is 0.192. The first-order valence-corrected chi connectivity index (χ1v) is 9.43. The van der Waals surface area contributed by atoms with Gasteiger partial charge in [0.1, 0.15) is 0 Å². The maximum absolute atomic E-state index is 13.0. The van der Waals surface area contributed by atoms with Gasteiger partial charge in [-0.2, -0.15) is 0 Å². The number of nitrogens with zero attached hydrogens (tertiary/aromatic N) is 1. The predicted molar refractivity (Wildman–Crippen MR) is 111 cm³/mol. The molecule has 3 aromatic rings. The molecule has 1 amide bonds. The fourth-order valence-electron chi connectivity index (χ4n) is 3.76. The summed E-state index contributed by atoms with van der Waals surface area (Å²) < 4.78 is 0. The van der Waals surface area contributed by atoms with Crippen molar-refractivity contribution in [1.82, 2.24) is 0 Å². The number of benzene rings is 3. The van der Waals surface area contributed by atoms with Gasteiger partial charge < -0.3 is 5.11 Å². The van der Waals surface area contributed by atoms with Crippen LogP contribution in [-0.2, 0) is 9.59 Å². The molecule has 1 aliphatic rings. The van der Waals surface area contributed by atoms with Crippen LogP contribution < -0.4 is 4.90 Å². The number of aliphatic hydroxyl groups is 1. The van der Waals surface area contributed by atoms with E-state index in [4.69, 9.17) is 11.6 Å². The van der Waals surface area contributed by atoms with E-state index in [1.54, 1.807) is 31.2 Å². The molecule has 1 aliphatic heterocycles. The van der Waals surface area contributed by atoms with Crippen LogP contribution in [0.1, 0.15) is 24.9 Å². The molecule has 140 valence electrons. The molecule has 0 saturated heterocycles. The molecule has 28 heavy (non-hydrogen) atoms. The monoisotopic (exact) mass is 391 g/mol. The number of halogens is 1. The van der Waals surface area contributed by atoms with Gasteiger partial charge in [-0.15, -0.1) is 0 Å². The Morgan fingerprint density at radius 1 is 1.07 bits per heavy atom. The number of carbonyl (C=O) groups is 2. The maximum Gasteiger partial charge on any atom is 0.294 e. The number of ketones is 1. The fraction of sp³-hybridized carbons (Fsp3) is 0.130. The van der Waals surface area contributed by atoms with E-state index in [0.717, 1.165) is 16.3 Å². The number of hydrogen-bond acceptors (Lipinski definition) is 3. The molecule has 0 bridgehead atoms. The zero-order chi connectivity index (χ0) is 19.8. The first-order valence-electron chi connectivity index (χ1n) is 9.06. The van der Waals surface area contributed by atoms with Gasteiger partial charge in [0, 0.05) is 17.1 Å². The van der Waals surface area contributed by atoms with Crippen LogP contribution in [0.5, 0.6) is 0 Å². The highest BCUT2D eigenvalue weighted by atomic mass is 35.5. The summed E-state index contributed by atoms with van der Waals surface area (Å²) in [6.45, 7) is 1.72. The molecule has 0 aliphatic carbocycles. The molecule has 3 aromatic carbocycles. The predicted octanol–water partition coefficient (Wildman–Crippen LogP) is 5.37. The van der Waals surface area contributed by atoms with Crippen molar-refractivity contribution in [3.8, 4) is 0 Å². The Morgan fingerprint density at radius 3 is 2.54 bits per heavy atom. The van der Waals surface area contributed by atoms with Gasteiger partial charge in [0.05, 0.1) is 11.6 Å². The van der Waals surface area contributed by atoms with E-state index in [-0.39, 0.29) is 17.8 Å². The van der Waals surface area contributed by atoms with Crippen LogP contribution in [0.25, 0.3) is 10.8 Å². The number of fused-ring (bicyclic) bond motifs is 1. The van der Waals surface area contributed by atoms with Gasteiger partial charge in [-0.3, -0.25) is 14.5 Å². The van der Waals surface area contributed by atoms with Gasteiger partial charge in [-0.05, 0) is 34.5 Å². The highest BCUT2D eigenvalue weighted by Crippen LogP contribution is 2.43. The Kier molecular flexibility index (Phi) is 4.65. The minimum Gasteiger partial charge on any atom is -0.503 e. The van der Waals surface area contributed by atoms with Crippen molar-refractivity contribution in [2.24, 2.45) is 0 Å². The van der Waals surface area contributed by atoms with Crippen molar-refractivity contribution in [2.75, 3.05) is 4.90 Å². The van der Waals surface area contributed by atoms with Gasteiger partial charge in [-0.1, -0.05) is 67.1 Å². The molecule has 0 fully saturated rings. The Balaban J connectivity index is 1.99. The maximum atomic E-state index is 13.0. The number of rotatable bonds is 4. The number of carbonyl (C=O) groups excluding carboxylic acids is 2. The average molecular weight is 392 g/mol. The first-order chi connectivity index (χ1) is 13.5. The minimum absolute atomic E-state index is 0.129. The summed E-state index contributed by atoms with van der Waals surface area (Å²) in [4.78, 5) is 27.2. The first kappa shape index (κ1) is 18.3. The van der Waals surface area contributed by atoms with Crippen molar-refractivity contribution in [2.45, 2.75) is 19.4 Å². The lowest BCUT2D eigenvalue weighted by Gasteiger charge is -2.28. The molecule has 4 rings (SSSR count). The quantitative estimate of drug-likeness (QED) is 0.650. The van der Waals surface area contributed by atoms with Gasteiger partial charge in [0.15, 0.2) is 11.5 Å². The molecular formula is C23H18ClNO3. The second-order valence-electron chi connectivity index (χ2n) is 6.66. The summed E-state index contributed by atoms with van der Waals surface area (Å²) in [6, 6.07) is 19.7. The number of anilines is 1. The largest absolute Gasteiger partial charge is 0.503 e. The smallest absolute Gasteiger partial charge is 0.294 e. The lowest BCUT2D eigenvalue weighted by atomic mass is 9.91. The summed E-state index contributed by atoms with van der Waals surface area (Å²) >= 11 is 6.14. The lowest BCUT2D eigenvalue weighted by molar-refractivity contribution is -0.118. The molecule has 0 saturated carbocycles. The van der Waals surface area contributed by atoms with E-state index in [9.17, 15) is 14.7 Å². The number of hydrogen-bond donors (Lipinski definition) is 1. The molecule has 5 heteroatoms. The van der Waals surface area contributed by atoms with Gasteiger partial charge >= 0.3 is 0 Å². The highest BCUT2D eigenvalue weighted by Gasteiger charge is 2.44. The van der Waals surface area contributed by atoms with E-state index in [1.165, 1.54) is 4.90 Å². The van der Waals surface area contributed by atoms with Gasteiger partial charge in [0.2, 0.25) is 0 Å². The summed E-state index contributed by atoms with van der Waals surface area (Å²) in [5.74, 6) is -1.35. The van der Waals surface area contributed by atoms with Crippen LogP contribution >= 0.6 is 11.6 Å². The molecule has 0 radical (unpaired) electrons. The normalized spacial score (nSPS) is 16.9. The molecular weight excluding hydrogens is 374 g/mol. The Bertz CT molecular complexity index is 1130. The van der Waals surface area contributed by atoms with Crippen molar-refractivity contribution in [3.05, 3.63) is 88.6 Å². The summed E-state index contributed by atoms with van der Waals surface area (Å²) in [5.41, 5.74) is 1.44. The number of aliphatic hydroxyl groups excluding tert-OH is 1. The highest BCUT2D eigenvalue weighted by molar-refractivity contribution is 6.31. The van der Waals surface area contributed by atoms with Gasteiger partial charge in [-0.25, -0.2) is 0 Å². The molecule has 0 aromatic heterocycles. The van der Waals surface area contributed by atoms with E-state index in [0.29, 0.717) is 10.7 Å². The summed E-state index contributed by atoms with van der Waals surface area (Å²) in [7, 11) is 0. The molecule has 0 spiro atoms. The third-order valence-corrected chi connectivity index (χ3v) is 5.27. The standard InChI is InChI=1S/C23H18ClNO3/c1-2-19(26)20-21(18-12-5-8-14-7-3-4-11-17(14)18)25(23(28)22(20)27)16-10-6-9-15(24)13-16/h3-13,21,27H,2H2,1H3. The Hall–Kier alpha value is -3.11. The van der Waals surface area contributed by atoms with Crippen molar-refractivity contribution < 1.29 is 14.7 Å².